The van der Waals surface area contributed by atoms with Crippen LogP contribution in [-0.2, 0) is 9.53 Å². The Labute approximate surface area is 128 Å². The van der Waals surface area contributed by atoms with E-state index in [0.717, 1.165) is 0 Å². The first-order valence-electron chi connectivity index (χ1n) is 6.91. The van der Waals surface area contributed by atoms with Crippen LogP contribution < -0.4 is 0 Å². The number of ketones is 2. The summed E-state index contributed by atoms with van der Waals surface area (Å²) in [6.07, 6.45) is 2.15. The summed E-state index contributed by atoms with van der Waals surface area (Å²) in [5, 5.41) is 0. The molecule has 4 heteroatoms. The number of hydrogen-bond donors (Lipinski definition) is 0. The van der Waals surface area contributed by atoms with Gasteiger partial charge in [0.15, 0.2) is 11.5 Å². The minimum atomic E-state index is -0.429. The molecule has 1 aliphatic carbocycles. The van der Waals surface area contributed by atoms with E-state index in [4.69, 9.17) is 4.74 Å². The molecule has 22 heavy (non-hydrogen) atoms. The van der Waals surface area contributed by atoms with E-state index in [-0.39, 0.29) is 28.0 Å². The van der Waals surface area contributed by atoms with Crippen LogP contribution in [0, 0.1) is 0 Å². The second kappa shape index (κ2) is 6.35. The predicted molar refractivity (Wildman–Crippen MR) is 82.7 cm³/mol. The minimum Gasteiger partial charge on any atom is -0.481 e. The summed E-state index contributed by atoms with van der Waals surface area (Å²) < 4.78 is 5.64. The van der Waals surface area contributed by atoms with Crippen molar-refractivity contribution in [1.29, 1.82) is 0 Å². The Hall–Kier alpha value is -2.75. The highest BCUT2D eigenvalue weighted by Gasteiger charge is 2.35. The number of Topliss-reactive ketones (excluding diaryl/α,β-unsaturated/α-hetero) is 2. The third-order valence-corrected chi connectivity index (χ3v) is 3.47. The Morgan fingerprint density at radius 2 is 1.82 bits per heavy atom. The smallest absolute Gasteiger partial charge is 0.229 e. The molecule has 4 nitrogen and oxygen atoms in total. The van der Waals surface area contributed by atoms with Crippen molar-refractivity contribution < 1.29 is 19.1 Å². The quantitative estimate of drug-likeness (QED) is 0.460. The normalized spacial score (nSPS) is 15.1. The van der Waals surface area contributed by atoms with E-state index in [9.17, 15) is 14.4 Å². The molecular formula is C18H16O4. The lowest BCUT2D eigenvalue weighted by Crippen LogP contribution is -2.26. The molecule has 0 spiro atoms. The van der Waals surface area contributed by atoms with E-state index in [2.05, 4.69) is 13.2 Å². The number of allylic oxidation sites excluding steroid dienone is 3. The fourth-order valence-corrected chi connectivity index (χ4v) is 2.27. The van der Waals surface area contributed by atoms with Gasteiger partial charge < -0.3 is 4.74 Å². The Bertz CT molecular complexity index is 710. The van der Waals surface area contributed by atoms with Gasteiger partial charge in [-0.2, -0.15) is 0 Å². The lowest BCUT2D eigenvalue weighted by molar-refractivity contribution is -0.104. The van der Waals surface area contributed by atoms with Gasteiger partial charge in [0.1, 0.15) is 12.4 Å². The minimum absolute atomic E-state index is 0.0678. The molecule has 0 amide bonds. The van der Waals surface area contributed by atoms with E-state index in [0.29, 0.717) is 12.7 Å². The number of carbonyl (C=O) groups excluding carboxylic acids is 3. The Balaban J connectivity index is 2.63. The highest BCUT2D eigenvalue weighted by molar-refractivity contribution is 6.29. The van der Waals surface area contributed by atoms with E-state index < -0.39 is 17.7 Å². The zero-order valence-corrected chi connectivity index (χ0v) is 12.3. The number of carbonyl (C=O) groups is 3. The van der Waals surface area contributed by atoms with Crippen LogP contribution >= 0.6 is 0 Å². The molecule has 0 N–H and O–H groups in total. The number of aldehydes is 1. The van der Waals surface area contributed by atoms with Crippen molar-refractivity contribution in [2.45, 2.75) is 19.4 Å². The van der Waals surface area contributed by atoms with Gasteiger partial charge in [-0.15, -0.1) is 0 Å². The van der Waals surface area contributed by atoms with Crippen LogP contribution in [0.15, 0.2) is 60.4 Å². The zero-order chi connectivity index (χ0) is 16.3. The molecule has 0 aliphatic heterocycles. The van der Waals surface area contributed by atoms with Crippen molar-refractivity contribution in [3.05, 3.63) is 71.5 Å². The van der Waals surface area contributed by atoms with Crippen LogP contribution in [-0.4, -0.2) is 24.0 Å². The number of hydrogen-bond acceptors (Lipinski definition) is 4. The molecular weight excluding hydrogens is 280 g/mol. The summed E-state index contributed by atoms with van der Waals surface area (Å²) in [5.74, 6) is -0.984. The van der Waals surface area contributed by atoms with Gasteiger partial charge in [0.2, 0.25) is 5.78 Å². The van der Waals surface area contributed by atoms with E-state index >= 15 is 0 Å². The van der Waals surface area contributed by atoms with E-state index in [1.54, 1.807) is 30.3 Å². The van der Waals surface area contributed by atoms with Crippen LogP contribution in [0.3, 0.4) is 0 Å². The second-order valence-electron chi connectivity index (χ2n) is 4.85. The summed E-state index contributed by atoms with van der Waals surface area (Å²) in [5.41, 5.74) is 0.383. The summed E-state index contributed by atoms with van der Waals surface area (Å²) in [6, 6.07) is 6.45. The molecule has 0 radical (unpaired) electrons. The fourth-order valence-electron chi connectivity index (χ4n) is 2.27. The maximum absolute atomic E-state index is 12.6. The summed E-state index contributed by atoms with van der Waals surface area (Å²) in [6.45, 7) is 9.06. The standard InChI is InChI=1S/C18H16O4/c1-4-12(5-2)22-18-15(11(3)10-19)16(20)13-8-6-7-9-14(13)17(18)21/h4,6-10,12H,1,3,5H2,2H3. The van der Waals surface area contributed by atoms with Crippen molar-refractivity contribution in [2.75, 3.05) is 0 Å². The summed E-state index contributed by atoms with van der Waals surface area (Å²) in [7, 11) is 0. The van der Waals surface area contributed by atoms with Crippen molar-refractivity contribution in [1.82, 2.24) is 0 Å². The molecule has 0 bridgehead atoms. The van der Waals surface area contributed by atoms with Crippen LogP contribution in [0.1, 0.15) is 34.1 Å². The second-order valence-corrected chi connectivity index (χ2v) is 4.85. The number of benzene rings is 1. The Morgan fingerprint density at radius 3 is 2.32 bits per heavy atom. The zero-order valence-electron chi connectivity index (χ0n) is 12.3. The lowest BCUT2D eigenvalue weighted by atomic mass is 9.85. The number of rotatable bonds is 6. The van der Waals surface area contributed by atoms with Gasteiger partial charge in [-0.25, -0.2) is 0 Å². The SMILES string of the molecule is C=CC(CC)OC1=C(C(=C)C=O)C(=O)c2ccccc2C1=O. The van der Waals surface area contributed by atoms with Crippen LogP contribution in [0.5, 0.6) is 0 Å². The molecule has 0 heterocycles. The van der Waals surface area contributed by atoms with Crippen molar-refractivity contribution >= 4 is 17.9 Å². The van der Waals surface area contributed by atoms with Gasteiger partial charge in [0.05, 0.1) is 5.57 Å². The maximum atomic E-state index is 12.6. The van der Waals surface area contributed by atoms with E-state index in [1.807, 2.05) is 6.92 Å². The maximum Gasteiger partial charge on any atom is 0.229 e. The third kappa shape index (κ3) is 2.55. The largest absolute Gasteiger partial charge is 0.481 e. The van der Waals surface area contributed by atoms with Gasteiger partial charge in [-0.05, 0) is 6.42 Å². The Kier molecular flexibility index (Phi) is 4.51. The molecule has 2 rings (SSSR count). The molecule has 1 aromatic carbocycles. The first kappa shape index (κ1) is 15.6. The number of fused-ring (bicyclic) bond motifs is 1. The van der Waals surface area contributed by atoms with Gasteiger partial charge >= 0.3 is 0 Å². The molecule has 1 aliphatic rings. The molecule has 0 saturated heterocycles. The van der Waals surface area contributed by atoms with E-state index in [1.165, 1.54) is 0 Å². The third-order valence-electron chi connectivity index (χ3n) is 3.47. The molecule has 1 unspecified atom stereocenters. The molecule has 1 aromatic rings. The van der Waals surface area contributed by atoms with Crippen LogP contribution in [0.2, 0.25) is 0 Å². The highest BCUT2D eigenvalue weighted by atomic mass is 16.5. The average Bonchev–Trinajstić information content (AvgIpc) is 2.56. The summed E-state index contributed by atoms with van der Waals surface area (Å²) in [4.78, 5) is 36.3. The molecule has 0 fully saturated rings. The van der Waals surface area contributed by atoms with Gasteiger partial charge in [-0.1, -0.05) is 50.4 Å². The lowest BCUT2D eigenvalue weighted by Gasteiger charge is -2.23. The first-order chi connectivity index (χ1) is 10.5. The molecule has 0 saturated carbocycles. The van der Waals surface area contributed by atoms with Crippen LogP contribution in [0.25, 0.3) is 0 Å². The predicted octanol–water partition coefficient (Wildman–Crippen LogP) is 3.06. The Morgan fingerprint density at radius 1 is 1.23 bits per heavy atom. The molecule has 112 valence electrons. The topological polar surface area (TPSA) is 60.4 Å². The van der Waals surface area contributed by atoms with Gasteiger partial charge in [0.25, 0.3) is 0 Å². The van der Waals surface area contributed by atoms with Crippen molar-refractivity contribution in [3.63, 3.8) is 0 Å². The molecule has 0 aromatic heterocycles. The van der Waals surface area contributed by atoms with Crippen molar-refractivity contribution in [2.24, 2.45) is 0 Å². The fraction of sp³-hybridized carbons (Fsp3) is 0.167. The molecule has 1 atom stereocenters. The summed E-state index contributed by atoms with van der Waals surface area (Å²) >= 11 is 0. The van der Waals surface area contributed by atoms with Gasteiger partial charge in [-0.3, -0.25) is 14.4 Å². The average molecular weight is 296 g/mol. The number of ether oxygens (including phenoxy) is 1. The monoisotopic (exact) mass is 296 g/mol. The van der Waals surface area contributed by atoms with Crippen molar-refractivity contribution in [3.8, 4) is 0 Å². The van der Waals surface area contributed by atoms with Gasteiger partial charge in [0, 0.05) is 16.7 Å². The highest BCUT2D eigenvalue weighted by Crippen LogP contribution is 2.31. The van der Waals surface area contributed by atoms with Crippen LogP contribution in [0.4, 0.5) is 0 Å². The first-order valence-corrected chi connectivity index (χ1v) is 6.91.